The number of hydrogen-bond acceptors (Lipinski definition) is 8. The normalized spacial score (nSPS) is 13.8. The van der Waals surface area contributed by atoms with Crippen molar-refractivity contribution < 1.29 is 38.0 Å². The quantitative estimate of drug-likeness (QED) is 0.363. The molecular weight excluding hydrogens is 320 g/mol. The predicted octanol–water partition coefficient (Wildman–Crippen LogP) is 1.36. The van der Waals surface area contributed by atoms with Crippen molar-refractivity contribution in [3.05, 3.63) is 0 Å². The summed E-state index contributed by atoms with van der Waals surface area (Å²) < 4.78 is 30.9. The van der Waals surface area contributed by atoms with Crippen molar-refractivity contribution in [2.45, 2.75) is 38.3 Å². The van der Waals surface area contributed by atoms with Crippen LogP contribution in [0.25, 0.3) is 0 Å². The van der Waals surface area contributed by atoms with Gasteiger partial charge in [-0.15, -0.1) is 0 Å². The van der Waals surface area contributed by atoms with Gasteiger partial charge in [-0.05, 0) is 12.8 Å². The summed E-state index contributed by atoms with van der Waals surface area (Å²) in [6.07, 6.45) is 0.107. The van der Waals surface area contributed by atoms with E-state index in [0.29, 0.717) is 12.8 Å². The first-order valence-corrected chi connectivity index (χ1v) is 7.73. The Kier molecular flexibility index (Phi) is 12.4. The molecule has 0 bridgehead atoms. The van der Waals surface area contributed by atoms with Crippen LogP contribution >= 0.6 is 0 Å². The number of hydrogen-bond donors (Lipinski definition) is 0. The van der Waals surface area contributed by atoms with E-state index in [4.69, 9.17) is 28.4 Å². The van der Waals surface area contributed by atoms with E-state index in [2.05, 4.69) is 0 Å². The highest BCUT2D eigenvalue weighted by atomic mass is 16.7. The molecule has 0 saturated heterocycles. The van der Waals surface area contributed by atoms with Crippen molar-refractivity contribution in [3.63, 3.8) is 0 Å². The summed E-state index contributed by atoms with van der Waals surface area (Å²) in [4.78, 5) is 23.0. The van der Waals surface area contributed by atoms with Crippen molar-refractivity contribution in [3.8, 4) is 0 Å². The Balaban J connectivity index is 5.32. The molecule has 8 nitrogen and oxygen atoms in total. The molecule has 8 heteroatoms. The zero-order chi connectivity index (χ0) is 18.5. The lowest BCUT2D eigenvalue weighted by Gasteiger charge is -2.35. The second-order valence-corrected chi connectivity index (χ2v) is 5.24. The number of rotatable bonds is 13. The summed E-state index contributed by atoms with van der Waals surface area (Å²) in [5, 5.41) is 0. The van der Waals surface area contributed by atoms with Gasteiger partial charge < -0.3 is 28.4 Å². The smallest absolute Gasteiger partial charge is 0.305 e. The molecule has 0 aromatic heterocycles. The molecule has 0 saturated carbocycles. The third-order valence-corrected chi connectivity index (χ3v) is 4.00. The molecular formula is C16H30O8. The third-order valence-electron chi connectivity index (χ3n) is 4.00. The lowest BCUT2D eigenvalue weighted by Crippen LogP contribution is -2.39. The first kappa shape index (κ1) is 22.8. The zero-order valence-electron chi connectivity index (χ0n) is 15.4. The Hall–Kier alpha value is -1.22. The molecule has 0 aromatic carbocycles. The van der Waals surface area contributed by atoms with Crippen molar-refractivity contribution in [1.82, 2.24) is 0 Å². The molecule has 0 heterocycles. The minimum absolute atomic E-state index is 0.194. The van der Waals surface area contributed by atoms with Crippen LogP contribution in [-0.4, -0.2) is 67.2 Å². The fourth-order valence-electron chi connectivity index (χ4n) is 2.77. The van der Waals surface area contributed by atoms with E-state index in [1.54, 1.807) is 0 Å². The molecule has 0 N–H and O–H groups in total. The predicted molar refractivity (Wildman–Crippen MR) is 85.1 cm³/mol. The van der Waals surface area contributed by atoms with Gasteiger partial charge in [0.05, 0.1) is 14.2 Å². The average molecular weight is 350 g/mol. The van der Waals surface area contributed by atoms with Gasteiger partial charge in [-0.25, -0.2) is 0 Å². The molecule has 0 aromatic rings. The van der Waals surface area contributed by atoms with Crippen LogP contribution in [0.3, 0.4) is 0 Å². The number of carbonyl (C=O) groups is 2. The molecule has 0 aliphatic carbocycles. The maximum atomic E-state index is 11.5. The van der Waals surface area contributed by atoms with Gasteiger partial charge in [0.1, 0.15) is 0 Å². The van der Waals surface area contributed by atoms with E-state index in [9.17, 15) is 9.59 Å². The minimum atomic E-state index is -0.579. The van der Waals surface area contributed by atoms with E-state index in [1.807, 2.05) is 0 Å². The maximum absolute atomic E-state index is 11.5. The molecule has 0 fully saturated rings. The van der Waals surface area contributed by atoms with Gasteiger partial charge >= 0.3 is 11.9 Å². The van der Waals surface area contributed by atoms with E-state index in [-0.39, 0.29) is 36.6 Å². The Morgan fingerprint density at radius 1 is 0.625 bits per heavy atom. The fourth-order valence-corrected chi connectivity index (χ4v) is 2.77. The topological polar surface area (TPSA) is 89.5 Å². The van der Waals surface area contributed by atoms with Gasteiger partial charge in [0, 0.05) is 53.1 Å². The van der Waals surface area contributed by atoms with Crippen LogP contribution in [0.5, 0.6) is 0 Å². The Morgan fingerprint density at radius 2 is 0.917 bits per heavy atom. The van der Waals surface area contributed by atoms with Crippen LogP contribution < -0.4 is 0 Å². The Bertz CT molecular complexity index is 318. The maximum Gasteiger partial charge on any atom is 0.305 e. The van der Waals surface area contributed by atoms with Crippen LogP contribution in [-0.2, 0) is 38.0 Å². The molecule has 24 heavy (non-hydrogen) atoms. The molecule has 0 rings (SSSR count). The Morgan fingerprint density at radius 3 is 1.12 bits per heavy atom. The van der Waals surface area contributed by atoms with Crippen LogP contribution in [0.15, 0.2) is 0 Å². The number of esters is 2. The standard InChI is InChI=1S/C16H30O8/c1-19-13(17)9-7-11(15(21-3)22-4)12(16(23-5)24-6)8-10-14(18)20-2/h11-12,15-16H,7-10H2,1-6H3. The first-order chi connectivity index (χ1) is 11.5. The van der Waals surface area contributed by atoms with Gasteiger partial charge in [-0.3, -0.25) is 9.59 Å². The fraction of sp³-hybridized carbons (Fsp3) is 0.875. The lowest BCUT2D eigenvalue weighted by molar-refractivity contribution is -0.205. The van der Waals surface area contributed by atoms with Gasteiger partial charge in [0.25, 0.3) is 0 Å². The summed E-state index contributed by atoms with van der Waals surface area (Å²) in [6, 6.07) is 0. The van der Waals surface area contributed by atoms with Crippen molar-refractivity contribution in [2.24, 2.45) is 11.8 Å². The highest BCUT2D eigenvalue weighted by Gasteiger charge is 2.36. The van der Waals surface area contributed by atoms with E-state index >= 15 is 0 Å². The van der Waals surface area contributed by atoms with Gasteiger partial charge in [-0.1, -0.05) is 0 Å². The summed E-state index contributed by atoms with van der Waals surface area (Å²) in [5.41, 5.74) is 0. The van der Waals surface area contributed by atoms with Crippen LogP contribution in [0.2, 0.25) is 0 Å². The molecule has 0 aliphatic heterocycles. The number of ether oxygens (including phenoxy) is 6. The molecule has 0 amide bonds. The molecule has 0 spiro atoms. The first-order valence-electron chi connectivity index (χ1n) is 7.73. The summed E-state index contributed by atoms with van der Waals surface area (Å²) in [6.45, 7) is 0. The average Bonchev–Trinajstić information content (AvgIpc) is 2.61. The molecule has 2 atom stereocenters. The molecule has 142 valence electrons. The van der Waals surface area contributed by atoms with E-state index in [0.717, 1.165) is 0 Å². The largest absolute Gasteiger partial charge is 0.469 e. The number of methoxy groups -OCH3 is 6. The van der Waals surface area contributed by atoms with Gasteiger partial charge in [0.15, 0.2) is 12.6 Å². The lowest BCUT2D eigenvalue weighted by atomic mass is 9.83. The highest BCUT2D eigenvalue weighted by molar-refractivity contribution is 5.69. The second-order valence-electron chi connectivity index (χ2n) is 5.24. The van der Waals surface area contributed by atoms with Crippen LogP contribution in [0.1, 0.15) is 25.7 Å². The van der Waals surface area contributed by atoms with Crippen molar-refractivity contribution >= 4 is 11.9 Å². The second kappa shape index (κ2) is 13.1. The zero-order valence-corrected chi connectivity index (χ0v) is 15.4. The summed E-state index contributed by atoms with van der Waals surface area (Å²) in [5.74, 6) is -1.14. The van der Waals surface area contributed by atoms with E-state index in [1.165, 1.54) is 42.7 Å². The summed E-state index contributed by atoms with van der Waals surface area (Å²) >= 11 is 0. The van der Waals surface area contributed by atoms with Crippen molar-refractivity contribution in [2.75, 3.05) is 42.7 Å². The van der Waals surface area contributed by atoms with E-state index < -0.39 is 12.6 Å². The minimum Gasteiger partial charge on any atom is -0.469 e. The summed E-state index contributed by atoms with van der Waals surface area (Å²) in [7, 11) is 8.75. The van der Waals surface area contributed by atoms with Crippen molar-refractivity contribution in [1.29, 1.82) is 0 Å². The van der Waals surface area contributed by atoms with Gasteiger partial charge in [0.2, 0.25) is 0 Å². The van der Waals surface area contributed by atoms with Gasteiger partial charge in [-0.2, -0.15) is 0 Å². The van der Waals surface area contributed by atoms with Crippen LogP contribution in [0, 0.1) is 11.8 Å². The van der Waals surface area contributed by atoms with Crippen LogP contribution in [0.4, 0.5) is 0 Å². The molecule has 0 aliphatic rings. The SMILES string of the molecule is COC(=O)CCC(C(OC)OC)C(CCC(=O)OC)C(OC)OC. The molecule has 2 unspecified atom stereocenters. The monoisotopic (exact) mass is 350 g/mol. The molecule has 0 radical (unpaired) electrons. The number of carbonyl (C=O) groups excluding carboxylic acids is 2. The highest BCUT2D eigenvalue weighted by Crippen LogP contribution is 2.32. The Labute approximate surface area is 143 Å². The third kappa shape index (κ3) is 7.57.